The summed E-state index contributed by atoms with van der Waals surface area (Å²) in [6.45, 7) is 16.6. The van der Waals surface area contributed by atoms with Crippen LogP contribution in [-0.2, 0) is 0 Å². The Morgan fingerprint density at radius 1 is 1.25 bits per heavy atom. The maximum Gasteiger partial charge on any atom is 0.00384 e. The molecule has 1 aliphatic rings. The first kappa shape index (κ1) is 14.0. The van der Waals surface area contributed by atoms with E-state index in [1.807, 2.05) is 0 Å². The summed E-state index contributed by atoms with van der Waals surface area (Å²) in [7, 11) is 0. The third kappa shape index (κ3) is 4.84. The lowest BCUT2D eigenvalue weighted by atomic mass is 10.0. The van der Waals surface area contributed by atoms with Crippen LogP contribution in [0.15, 0.2) is 0 Å². The van der Waals surface area contributed by atoms with Crippen LogP contribution in [0.25, 0.3) is 0 Å². The van der Waals surface area contributed by atoms with Crippen molar-refractivity contribution in [2.24, 2.45) is 5.92 Å². The van der Waals surface area contributed by atoms with E-state index in [-0.39, 0.29) is 0 Å². The highest BCUT2D eigenvalue weighted by atomic mass is 15.2. The van der Waals surface area contributed by atoms with E-state index in [0.29, 0.717) is 0 Å². The Balaban J connectivity index is 2.16. The monoisotopic (exact) mass is 225 g/mol. The Hall–Kier alpha value is -0.0800. The maximum absolute atomic E-state index is 2.61. The SMILES string of the molecule is CCN(CC)CC[C@H]1CCN(C[C](C)C)C1. The number of rotatable bonds is 7. The van der Waals surface area contributed by atoms with Gasteiger partial charge in [-0.25, -0.2) is 0 Å². The van der Waals surface area contributed by atoms with Crippen molar-refractivity contribution < 1.29 is 0 Å². The zero-order valence-electron chi connectivity index (χ0n) is 11.6. The average molecular weight is 225 g/mol. The molecule has 1 saturated heterocycles. The maximum atomic E-state index is 2.61. The second kappa shape index (κ2) is 7.29. The predicted octanol–water partition coefficient (Wildman–Crippen LogP) is 2.65. The lowest BCUT2D eigenvalue weighted by molar-refractivity contribution is 0.269. The zero-order valence-corrected chi connectivity index (χ0v) is 11.6. The molecule has 2 nitrogen and oxygen atoms in total. The van der Waals surface area contributed by atoms with E-state index < -0.39 is 0 Å². The Morgan fingerprint density at radius 3 is 2.50 bits per heavy atom. The topological polar surface area (TPSA) is 6.48 Å². The lowest BCUT2D eigenvalue weighted by Crippen LogP contribution is -2.27. The molecule has 0 spiro atoms. The molecule has 2 heteroatoms. The molecule has 1 radical (unpaired) electrons. The van der Waals surface area contributed by atoms with Gasteiger partial charge in [0.15, 0.2) is 0 Å². The van der Waals surface area contributed by atoms with Crippen LogP contribution < -0.4 is 0 Å². The van der Waals surface area contributed by atoms with Crippen molar-refractivity contribution in [3.63, 3.8) is 0 Å². The molecule has 1 fully saturated rings. The van der Waals surface area contributed by atoms with E-state index in [2.05, 4.69) is 37.5 Å². The molecule has 0 unspecified atom stereocenters. The molecule has 0 aromatic heterocycles. The van der Waals surface area contributed by atoms with Crippen LogP contribution >= 0.6 is 0 Å². The van der Waals surface area contributed by atoms with E-state index in [4.69, 9.17) is 0 Å². The second-order valence-electron chi connectivity index (χ2n) is 5.41. The Bertz CT molecular complexity index is 176. The van der Waals surface area contributed by atoms with Gasteiger partial charge < -0.3 is 9.80 Å². The lowest BCUT2D eigenvalue weighted by Gasteiger charge is -2.21. The van der Waals surface area contributed by atoms with Gasteiger partial charge in [0, 0.05) is 13.1 Å². The molecular weight excluding hydrogens is 196 g/mol. The fourth-order valence-corrected chi connectivity index (χ4v) is 2.64. The molecule has 0 N–H and O–H groups in total. The predicted molar refractivity (Wildman–Crippen MR) is 71.5 cm³/mol. The van der Waals surface area contributed by atoms with Gasteiger partial charge in [0.1, 0.15) is 0 Å². The smallest absolute Gasteiger partial charge is 0.00384 e. The Morgan fingerprint density at radius 2 is 1.94 bits per heavy atom. The number of likely N-dealkylation sites (tertiary alicyclic amines) is 1. The number of nitrogens with zero attached hydrogens (tertiary/aromatic N) is 2. The highest BCUT2D eigenvalue weighted by Crippen LogP contribution is 2.20. The van der Waals surface area contributed by atoms with Crippen molar-refractivity contribution in [1.29, 1.82) is 0 Å². The van der Waals surface area contributed by atoms with Crippen LogP contribution in [0.3, 0.4) is 0 Å². The van der Waals surface area contributed by atoms with E-state index in [1.165, 1.54) is 52.1 Å². The summed E-state index contributed by atoms with van der Waals surface area (Å²) in [6, 6.07) is 0. The minimum absolute atomic E-state index is 0.944. The van der Waals surface area contributed by atoms with Crippen LogP contribution in [0.4, 0.5) is 0 Å². The summed E-state index contributed by atoms with van der Waals surface area (Å²) in [6.07, 6.45) is 2.80. The zero-order chi connectivity index (χ0) is 12.0. The van der Waals surface area contributed by atoms with Crippen LogP contribution in [-0.4, -0.2) is 49.1 Å². The molecule has 0 saturated carbocycles. The summed E-state index contributed by atoms with van der Waals surface area (Å²) in [5, 5.41) is 0. The van der Waals surface area contributed by atoms with Crippen molar-refractivity contribution in [3.8, 4) is 0 Å². The van der Waals surface area contributed by atoms with E-state index in [0.717, 1.165) is 5.92 Å². The quantitative estimate of drug-likeness (QED) is 0.657. The van der Waals surface area contributed by atoms with Crippen LogP contribution in [0.2, 0.25) is 0 Å². The van der Waals surface area contributed by atoms with Crippen molar-refractivity contribution in [2.75, 3.05) is 39.3 Å². The molecule has 1 atom stereocenters. The van der Waals surface area contributed by atoms with Gasteiger partial charge in [0.2, 0.25) is 0 Å². The molecular formula is C14H29N2. The van der Waals surface area contributed by atoms with Gasteiger partial charge in [0.05, 0.1) is 0 Å². The molecule has 0 aliphatic carbocycles. The van der Waals surface area contributed by atoms with Gasteiger partial charge in [-0.05, 0) is 50.9 Å². The van der Waals surface area contributed by atoms with Crippen molar-refractivity contribution in [2.45, 2.75) is 40.5 Å². The summed E-state index contributed by atoms with van der Waals surface area (Å²) in [5.74, 6) is 2.49. The molecule has 0 bridgehead atoms. The highest BCUT2D eigenvalue weighted by molar-refractivity contribution is 4.86. The molecule has 0 amide bonds. The average Bonchev–Trinajstić information content (AvgIpc) is 2.66. The van der Waals surface area contributed by atoms with Gasteiger partial charge in [-0.1, -0.05) is 27.7 Å². The van der Waals surface area contributed by atoms with E-state index >= 15 is 0 Å². The second-order valence-corrected chi connectivity index (χ2v) is 5.41. The van der Waals surface area contributed by atoms with E-state index in [9.17, 15) is 0 Å². The third-order valence-electron chi connectivity index (χ3n) is 3.66. The van der Waals surface area contributed by atoms with Gasteiger partial charge in [-0.3, -0.25) is 0 Å². The summed E-state index contributed by atoms with van der Waals surface area (Å²) in [4.78, 5) is 5.15. The largest absolute Gasteiger partial charge is 0.304 e. The van der Waals surface area contributed by atoms with Crippen LogP contribution in [0, 0.1) is 11.8 Å². The minimum atomic E-state index is 0.944. The standard InChI is InChI=1S/C14H29N2/c1-5-15(6-2)9-7-14-8-10-16(12-14)11-13(3)4/h14H,5-12H2,1-4H3/t14-/m0/s1. The molecule has 0 aromatic rings. The fourth-order valence-electron chi connectivity index (χ4n) is 2.64. The van der Waals surface area contributed by atoms with E-state index in [1.54, 1.807) is 5.92 Å². The first-order valence-corrected chi connectivity index (χ1v) is 6.89. The first-order chi connectivity index (χ1) is 7.65. The van der Waals surface area contributed by atoms with Gasteiger partial charge in [-0.15, -0.1) is 0 Å². The third-order valence-corrected chi connectivity index (χ3v) is 3.66. The molecule has 95 valence electrons. The van der Waals surface area contributed by atoms with Crippen LogP contribution in [0.1, 0.15) is 40.5 Å². The minimum Gasteiger partial charge on any atom is -0.304 e. The Kier molecular flexibility index (Phi) is 6.37. The van der Waals surface area contributed by atoms with Crippen molar-refractivity contribution in [1.82, 2.24) is 9.80 Å². The number of hydrogen-bond acceptors (Lipinski definition) is 2. The summed E-state index contributed by atoms with van der Waals surface area (Å²) < 4.78 is 0. The van der Waals surface area contributed by atoms with Gasteiger partial charge in [-0.2, -0.15) is 0 Å². The first-order valence-electron chi connectivity index (χ1n) is 6.89. The molecule has 1 heterocycles. The summed E-state index contributed by atoms with van der Waals surface area (Å²) in [5.41, 5.74) is 0. The molecule has 1 aliphatic heterocycles. The fraction of sp³-hybridized carbons (Fsp3) is 0.929. The Labute approximate surface area is 102 Å². The molecule has 0 aromatic carbocycles. The normalized spacial score (nSPS) is 22.5. The highest BCUT2D eigenvalue weighted by Gasteiger charge is 2.22. The number of hydrogen-bond donors (Lipinski definition) is 0. The van der Waals surface area contributed by atoms with Crippen molar-refractivity contribution >= 4 is 0 Å². The molecule has 1 rings (SSSR count). The van der Waals surface area contributed by atoms with Gasteiger partial charge >= 0.3 is 0 Å². The van der Waals surface area contributed by atoms with Crippen molar-refractivity contribution in [3.05, 3.63) is 5.92 Å². The summed E-state index contributed by atoms with van der Waals surface area (Å²) >= 11 is 0. The molecule has 16 heavy (non-hydrogen) atoms. The van der Waals surface area contributed by atoms with Crippen LogP contribution in [0.5, 0.6) is 0 Å². The van der Waals surface area contributed by atoms with Gasteiger partial charge in [0.25, 0.3) is 0 Å².